The van der Waals surface area contributed by atoms with E-state index in [9.17, 15) is 0 Å². The van der Waals surface area contributed by atoms with Gasteiger partial charge in [-0.2, -0.15) is 0 Å². The molecule has 0 aliphatic carbocycles. The number of hydrogen-bond acceptors (Lipinski definition) is 3. The fourth-order valence-corrected chi connectivity index (χ4v) is 3.08. The number of hydrogen-bond donors (Lipinski definition) is 2. The molecule has 0 amide bonds. The van der Waals surface area contributed by atoms with E-state index in [1.165, 1.54) is 57.8 Å². The summed E-state index contributed by atoms with van der Waals surface area (Å²) in [5.74, 6) is 6.56. The molecule has 0 aromatic heterocycles. The lowest BCUT2D eigenvalue weighted by Crippen LogP contribution is -2.37. The van der Waals surface area contributed by atoms with Gasteiger partial charge in [0.1, 0.15) is 0 Å². The van der Waals surface area contributed by atoms with Crippen LogP contribution in [0.25, 0.3) is 0 Å². The van der Waals surface area contributed by atoms with E-state index < -0.39 is 0 Å². The van der Waals surface area contributed by atoms with Crippen molar-refractivity contribution in [2.75, 3.05) is 6.61 Å². The molecular formula is C16H34N2O. The van der Waals surface area contributed by atoms with Crippen molar-refractivity contribution in [1.29, 1.82) is 0 Å². The van der Waals surface area contributed by atoms with Gasteiger partial charge in [0.05, 0.1) is 6.10 Å². The smallest absolute Gasteiger partial charge is 0.0575 e. The zero-order chi connectivity index (χ0) is 13.9. The number of unbranched alkanes of at least 4 members (excludes halogenated alkanes) is 1. The van der Waals surface area contributed by atoms with Crippen LogP contribution in [-0.4, -0.2) is 18.8 Å². The summed E-state index contributed by atoms with van der Waals surface area (Å²) in [7, 11) is 0. The molecule has 0 spiro atoms. The van der Waals surface area contributed by atoms with Crippen LogP contribution in [0.5, 0.6) is 0 Å². The number of nitrogens with two attached hydrogens (primary N) is 1. The summed E-state index contributed by atoms with van der Waals surface area (Å²) >= 11 is 0. The van der Waals surface area contributed by atoms with Crippen LogP contribution in [0.4, 0.5) is 0 Å². The van der Waals surface area contributed by atoms with Crippen LogP contribution in [0.1, 0.15) is 78.1 Å². The summed E-state index contributed by atoms with van der Waals surface area (Å²) in [6, 6.07) is 0.465. The highest BCUT2D eigenvalue weighted by molar-refractivity contribution is 4.73. The van der Waals surface area contributed by atoms with Gasteiger partial charge in [0, 0.05) is 12.6 Å². The average Bonchev–Trinajstić information content (AvgIpc) is 2.47. The van der Waals surface area contributed by atoms with E-state index in [1.54, 1.807) is 0 Å². The van der Waals surface area contributed by atoms with Crippen LogP contribution in [0.3, 0.4) is 0 Å². The van der Waals surface area contributed by atoms with Gasteiger partial charge in [0.25, 0.3) is 0 Å². The van der Waals surface area contributed by atoms with E-state index in [0.717, 1.165) is 18.9 Å². The van der Waals surface area contributed by atoms with E-state index in [-0.39, 0.29) is 0 Å². The van der Waals surface area contributed by atoms with E-state index in [0.29, 0.717) is 12.1 Å². The first-order valence-corrected chi connectivity index (χ1v) is 8.37. The van der Waals surface area contributed by atoms with E-state index in [1.807, 2.05) is 0 Å². The molecule has 0 aromatic rings. The zero-order valence-electron chi connectivity index (χ0n) is 13.0. The molecule has 1 rings (SSSR count). The molecule has 3 unspecified atom stereocenters. The van der Waals surface area contributed by atoms with Gasteiger partial charge in [0.2, 0.25) is 0 Å². The largest absolute Gasteiger partial charge is 0.378 e. The number of ether oxygens (including phenoxy) is 1. The van der Waals surface area contributed by atoms with Crippen molar-refractivity contribution in [1.82, 2.24) is 5.43 Å². The van der Waals surface area contributed by atoms with Crippen molar-refractivity contribution in [3.8, 4) is 0 Å². The second-order valence-electron chi connectivity index (χ2n) is 6.08. The Labute approximate surface area is 119 Å². The normalized spacial score (nSPS) is 23.2. The van der Waals surface area contributed by atoms with Crippen molar-refractivity contribution in [2.45, 2.75) is 90.2 Å². The molecule has 0 bridgehead atoms. The highest BCUT2D eigenvalue weighted by Gasteiger charge is 2.18. The van der Waals surface area contributed by atoms with Crippen LogP contribution in [0.15, 0.2) is 0 Å². The van der Waals surface area contributed by atoms with Gasteiger partial charge in [-0.3, -0.25) is 11.3 Å². The Hall–Kier alpha value is -0.120. The highest BCUT2D eigenvalue weighted by Crippen LogP contribution is 2.23. The molecule has 0 aromatic carbocycles. The first-order chi connectivity index (χ1) is 9.30. The maximum Gasteiger partial charge on any atom is 0.0575 e. The minimum Gasteiger partial charge on any atom is -0.378 e. The molecule has 1 aliphatic heterocycles. The Balaban J connectivity index is 2.22. The van der Waals surface area contributed by atoms with Crippen molar-refractivity contribution in [3.05, 3.63) is 0 Å². The van der Waals surface area contributed by atoms with Gasteiger partial charge in [0.15, 0.2) is 0 Å². The summed E-state index contributed by atoms with van der Waals surface area (Å²) in [5.41, 5.74) is 3.03. The highest BCUT2D eigenvalue weighted by atomic mass is 16.5. The van der Waals surface area contributed by atoms with Gasteiger partial charge in [-0.15, -0.1) is 0 Å². The lowest BCUT2D eigenvalue weighted by atomic mass is 9.89. The van der Waals surface area contributed by atoms with Crippen molar-refractivity contribution >= 4 is 0 Å². The predicted molar refractivity (Wildman–Crippen MR) is 81.9 cm³/mol. The standard InChI is InChI=1S/C16H34N2O/c1-3-5-8-14(4-2)13-15(18-17)10-11-16-9-6-7-12-19-16/h14-16,18H,3-13,17H2,1-2H3. The Bertz CT molecular complexity index is 205. The van der Waals surface area contributed by atoms with Crippen LogP contribution < -0.4 is 11.3 Å². The molecule has 1 heterocycles. The van der Waals surface area contributed by atoms with Crippen LogP contribution in [0, 0.1) is 5.92 Å². The quantitative estimate of drug-likeness (QED) is 0.469. The Kier molecular flexibility index (Phi) is 9.48. The molecule has 1 aliphatic rings. The molecular weight excluding hydrogens is 236 g/mol. The Morgan fingerprint density at radius 2 is 2.11 bits per heavy atom. The summed E-state index contributed by atoms with van der Waals surface area (Å²) in [5, 5.41) is 0. The predicted octanol–water partition coefficient (Wildman–Crippen LogP) is 3.77. The molecule has 19 heavy (non-hydrogen) atoms. The minimum atomic E-state index is 0.465. The summed E-state index contributed by atoms with van der Waals surface area (Å²) < 4.78 is 5.80. The lowest BCUT2D eigenvalue weighted by Gasteiger charge is -2.26. The second kappa shape index (κ2) is 10.6. The molecule has 1 fully saturated rings. The third-order valence-corrected chi connectivity index (χ3v) is 4.51. The molecule has 3 heteroatoms. The molecule has 3 atom stereocenters. The number of hydrazine groups is 1. The summed E-state index contributed by atoms with van der Waals surface area (Å²) in [4.78, 5) is 0. The van der Waals surface area contributed by atoms with E-state index >= 15 is 0 Å². The lowest BCUT2D eigenvalue weighted by molar-refractivity contribution is 0.00813. The first kappa shape index (κ1) is 16.9. The third-order valence-electron chi connectivity index (χ3n) is 4.51. The Morgan fingerprint density at radius 3 is 2.68 bits per heavy atom. The molecule has 3 N–H and O–H groups in total. The fourth-order valence-electron chi connectivity index (χ4n) is 3.08. The Morgan fingerprint density at radius 1 is 1.26 bits per heavy atom. The van der Waals surface area contributed by atoms with Crippen molar-refractivity contribution < 1.29 is 4.74 Å². The van der Waals surface area contributed by atoms with E-state index in [2.05, 4.69) is 19.3 Å². The molecule has 0 radical (unpaired) electrons. The second-order valence-corrected chi connectivity index (χ2v) is 6.08. The van der Waals surface area contributed by atoms with Gasteiger partial charge in [-0.05, 0) is 44.4 Å². The van der Waals surface area contributed by atoms with Crippen LogP contribution in [-0.2, 0) is 4.74 Å². The summed E-state index contributed by atoms with van der Waals surface area (Å²) in [6.07, 6.45) is 13.1. The monoisotopic (exact) mass is 270 g/mol. The number of nitrogens with one attached hydrogen (secondary N) is 1. The first-order valence-electron chi connectivity index (χ1n) is 8.37. The molecule has 1 saturated heterocycles. The van der Waals surface area contributed by atoms with Gasteiger partial charge < -0.3 is 4.74 Å². The topological polar surface area (TPSA) is 47.3 Å². The van der Waals surface area contributed by atoms with Gasteiger partial charge in [-0.25, -0.2) is 0 Å². The van der Waals surface area contributed by atoms with E-state index in [4.69, 9.17) is 10.6 Å². The van der Waals surface area contributed by atoms with Crippen LogP contribution in [0.2, 0.25) is 0 Å². The number of rotatable bonds is 10. The van der Waals surface area contributed by atoms with Gasteiger partial charge >= 0.3 is 0 Å². The zero-order valence-corrected chi connectivity index (χ0v) is 13.0. The van der Waals surface area contributed by atoms with Crippen LogP contribution >= 0.6 is 0 Å². The average molecular weight is 270 g/mol. The maximum atomic E-state index is 5.80. The minimum absolute atomic E-state index is 0.465. The molecule has 3 nitrogen and oxygen atoms in total. The summed E-state index contributed by atoms with van der Waals surface area (Å²) in [6.45, 7) is 5.53. The maximum absolute atomic E-state index is 5.80. The molecule has 114 valence electrons. The van der Waals surface area contributed by atoms with Crippen molar-refractivity contribution in [2.24, 2.45) is 11.8 Å². The SMILES string of the molecule is CCCCC(CC)CC(CCC1CCCCO1)NN. The fraction of sp³-hybridized carbons (Fsp3) is 1.00. The molecule has 0 saturated carbocycles. The van der Waals surface area contributed by atoms with Gasteiger partial charge in [-0.1, -0.05) is 39.5 Å². The third kappa shape index (κ3) is 7.28. The van der Waals surface area contributed by atoms with Crippen molar-refractivity contribution in [3.63, 3.8) is 0 Å².